The molecule has 0 unspecified atom stereocenters. The van der Waals surface area contributed by atoms with Crippen LogP contribution in [0.25, 0.3) is 0 Å². The van der Waals surface area contributed by atoms with E-state index in [0.717, 1.165) is 19.3 Å². The number of hydrogen-bond acceptors (Lipinski definition) is 2. The first-order chi connectivity index (χ1) is 4.62. The van der Waals surface area contributed by atoms with Crippen molar-refractivity contribution in [2.75, 3.05) is 0 Å². The summed E-state index contributed by atoms with van der Waals surface area (Å²) in [7, 11) is 0. The average molecular weight is 140 g/mol. The Labute approximate surface area is 62.5 Å². The summed E-state index contributed by atoms with van der Waals surface area (Å²) < 4.78 is 0. The summed E-state index contributed by atoms with van der Waals surface area (Å²) in [5.41, 5.74) is -1.35. The molecule has 0 aliphatic carbocycles. The quantitative estimate of drug-likeness (QED) is 0.551. The van der Waals surface area contributed by atoms with Crippen molar-refractivity contribution >= 4 is 0 Å². The molecule has 0 rings (SSSR count). The summed E-state index contributed by atoms with van der Waals surface area (Å²) in [6.07, 6.45) is 3.52. The highest BCUT2D eigenvalue weighted by Gasteiger charge is 2.05. The molecule has 0 spiro atoms. The highest BCUT2D eigenvalue weighted by Crippen LogP contribution is 2.09. The molecule has 0 aromatic heterocycles. The van der Waals surface area contributed by atoms with Gasteiger partial charge in [-0.3, -0.25) is 0 Å². The van der Waals surface area contributed by atoms with E-state index in [1.165, 1.54) is 6.92 Å². The normalized spacial score (nSPS) is 15.8. The van der Waals surface area contributed by atoms with Crippen LogP contribution in [-0.2, 0) is 0 Å². The van der Waals surface area contributed by atoms with Crippen LogP contribution in [0.2, 0.25) is 0 Å². The molecule has 0 radical (unpaired) electrons. The molecule has 1 atom stereocenters. The van der Waals surface area contributed by atoms with Crippen LogP contribution in [-0.4, -0.2) is 5.60 Å². The van der Waals surface area contributed by atoms with Gasteiger partial charge >= 0.3 is 0 Å². The van der Waals surface area contributed by atoms with Gasteiger partial charge in [0.25, 0.3) is 0 Å². The zero-order chi connectivity index (χ0) is 8.04. The van der Waals surface area contributed by atoms with Gasteiger partial charge in [-0.1, -0.05) is 39.5 Å². The predicted octanol–water partition coefficient (Wildman–Crippen LogP) is 1.21. The Bertz CT molecular complexity index is 124. The van der Waals surface area contributed by atoms with Crippen LogP contribution >= 0.6 is 0 Å². The van der Waals surface area contributed by atoms with Crippen LogP contribution in [0.4, 0.5) is 0 Å². The summed E-state index contributed by atoms with van der Waals surface area (Å²) in [5.74, 6) is 0. The second kappa shape index (κ2) is 4.29. The van der Waals surface area contributed by atoms with Crippen LogP contribution in [0.3, 0.4) is 0 Å². The standard InChI is InChI=1S/C8H14NO/c1-3-4-5-6-8(2,10)7-9/h3-6H2,1-2H3/q-1/t8-/m1/s1. The van der Waals surface area contributed by atoms with Crippen molar-refractivity contribution in [3.8, 4) is 6.07 Å². The monoisotopic (exact) mass is 140 g/mol. The van der Waals surface area contributed by atoms with Gasteiger partial charge in [-0.2, -0.15) is 5.26 Å². The lowest BCUT2D eigenvalue weighted by Gasteiger charge is -2.27. The maximum atomic E-state index is 11.0. The molecule has 0 amide bonds. The van der Waals surface area contributed by atoms with Crippen LogP contribution in [0.1, 0.15) is 39.5 Å². The number of nitrogens with zero attached hydrogens (tertiary/aromatic N) is 1. The second-order valence-electron chi connectivity index (χ2n) is 2.80. The zero-order valence-electron chi connectivity index (χ0n) is 6.68. The van der Waals surface area contributed by atoms with E-state index in [1.54, 1.807) is 6.07 Å². The summed E-state index contributed by atoms with van der Waals surface area (Å²) >= 11 is 0. The highest BCUT2D eigenvalue weighted by molar-refractivity contribution is 4.94. The zero-order valence-corrected chi connectivity index (χ0v) is 6.68. The van der Waals surface area contributed by atoms with E-state index in [1.807, 2.05) is 0 Å². The topological polar surface area (TPSA) is 46.8 Å². The fraction of sp³-hybridized carbons (Fsp3) is 0.875. The van der Waals surface area contributed by atoms with Gasteiger partial charge in [-0.25, -0.2) is 0 Å². The molecule has 58 valence electrons. The fourth-order valence-electron chi connectivity index (χ4n) is 0.768. The average Bonchev–Trinajstić information content (AvgIpc) is 1.89. The Balaban J connectivity index is 3.40. The predicted molar refractivity (Wildman–Crippen MR) is 38.2 cm³/mol. The number of hydrogen-bond donors (Lipinski definition) is 0. The van der Waals surface area contributed by atoms with E-state index in [2.05, 4.69) is 6.92 Å². The van der Waals surface area contributed by atoms with Gasteiger partial charge in [-0.15, -0.1) is 0 Å². The molecule has 0 N–H and O–H groups in total. The van der Waals surface area contributed by atoms with Crippen LogP contribution in [0.5, 0.6) is 0 Å². The molecule has 0 aliphatic rings. The maximum Gasteiger partial charge on any atom is 0.0506 e. The van der Waals surface area contributed by atoms with Crippen molar-refractivity contribution in [2.24, 2.45) is 0 Å². The first-order valence-corrected chi connectivity index (χ1v) is 3.74. The molecule has 0 heterocycles. The van der Waals surface area contributed by atoms with Crippen molar-refractivity contribution in [1.29, 1.82) is 5.26 Å². The molecule has 0 bridgehead atoms. The molecule has 0 aliphatic heterocycles. The van der Waals surface area contributed by atoms with E-state index >= 15 is 0 Å². The molecular formula is C8H14NO-. The summed E-state index contributed by atoms with van der Waals surface area (Å²) in [6.45, 7) is 3.52. The van der Waals surface area contributed by atoms with Gasteiger partial charge in [0.05, 0.1) is 6.07 Å². The van der Waals surface area contributed by atoms with E-state index in [0.29, 0.717) is 6.42 Å². The fourth-order valence-corrected chi connectivity index (χ4v) is 0.768. The highest BCUT2D eigenvalue weighted by atomic mass is 16.3. The minimum atomic E-state index is -1.35. The Morgan fingerprint density at radius 2 is 2.10 bits per heavy atom. The van der Waals surface area contributed by atoms with Gasteiger partial charge in [0.2, 0.25) is 0 Å². The third-order valence-corrected chi connectivity index (χ3v) is 1.49. The molecule has 10 heavy (non-hydrogen) atoms. The van der Waals surface area contributed by atoms with Crippen LogP contribution in [0.15, 0.2) is 0 Å². The molecule has 2 heteroatoms. The third-order valence-electron chi connectivity index (χ3n) is 1.49. The number of rotatable bonds is 4. The largest absolute Gasteiger partial charge is 0.839 e. The van der Waals surface area contributed by atoms with E-state index in [9.17, 15) is 5.11 Å². The van der Waals surface area contributed by atoms with E-state index in [4.69, 9.17) is 5.26 Å². The lowest BCUT2D eigenvalue weighted by Crippen LogP contribution is -2.38. The van der Waals surface area contributed by atoms with Crippen LogP contribution < -0.4 is 5.11 Å². The minimum Gasteiger partial charge on any atom is -0.839 e. The molecule has 2 nitrogen and oxygen atoms in total. The van der Waals surface area contributed by atoms with Gasteiger partial charge in [0.1, 0.15) is 0 Å². The van der Waals surface area contributed by atoms with Crippen molar-refractivity contribution in [3.05, 3.63) is 0 Å². The van der Waals surface area contributed by atoms with E-state index in [-0.39, 0.29) is 0 Å². The maximum absolute atomic E-state index is 11.0. The second-order valence-corrected chi connectivity index (χ2v) is 2.80. The van der Waals surface area contributed by atoms with Crippen molar-refractivity contribution in [2.45, 2.75) is 45.1 Å². The smallest absolute Gasteiger partial charge is 0.0506 e. The van der Waals surface area contributed by atoms with E-state index < -0.39 is 5.60 Å². The summed E-state index contributed by atoms with van der Waals surface area (Å²) in [5, 5.41) is 19.3. The van der Waals surface area contributed by atoms with Crippen molar-refractivity contribution < 1.29 is 5.11 Å². The molecule has 0 saturated heterocycles. The first-order valence-electron chi connectivity index (χ1n) is 3.74. The van der Waals surface area contributed by atoms with Gasteiger partial charge < -0.3 is 5.11 Å². The molecule has 0 aromatic carbocycles. The first kappa shape index (κ1) is 9.45. The number of unbranched alkanes of at least 4 members (excludes halogenated alkanes) is 2. The molecule has 0 saturated carbocycles. The summed E-state index contributed by atoms with van der Waals surface area (Å²) in [4.78, 5) is 0. The minimum absolute atomic E-state index is 0.483. The van der Waals surface area contributed by atoms with Crippen molar-refractivity contribution in [1.82, 2.24) is 0 Å². The SMILES string of the molecule is CCCCC[C@@](C)([O-])C#N. The lowest BCUT2D eigenvalue weighted by atomic mass is 10.0. The Morgan fingerprint density at radius 1 is 1.50 bits per heavy atom. The Kier molecular flexibility index (Phi) is 4.06. The Hall–Kier alpha value is -0.550. The Morgan fingerprint density at radius 3 is 2.50 bits per heavy atom. The molecular weight excluding hydrogens is 126 g/mol. The molecule has 0 aromatic rings. The van der Waals surface area contributed by atoms with Crippen molar-refractivity contribution in [3.63, 3.8) is 0 Å². The van der Waals surface area contributed by atoms with Gasteiger partial charge in [-0.05, 0) is 5.60 Å². The van der Waals surface area contributed by atoms with Gasteiger partial charge in [0.15, 0.2) is 0 Å². The van der Waals surface area contributed by atoms with Crippen LogP contribution in [0, 0.1) is 11.3 Å². The third kappa shape index (κ3) is 4.34. The number of nitriles is 1. The van der Waals surface area contributed by atoms with Gasteiger partial charge in [0, 0.05) is 0 Å². The summed E-state index contributed by atoms with van der Waals surface area (Å²) in [6, 6.07) is 1.74. The molecule has 0 fully saturated rings. The lowest BCUT2D eigenvalue weighted by molar-refractivity contribution is -0.451.